The molecular weight excluding hydrogens is 242 g/mol. The Bertz CT molecular complexity index is 291. The lowest BCUT2D eigenvalue weighted by molar-refractivity contribution is -0.140. The summed E-state index contributed by atoms with van der Waals surface area (Å²) in [6, 6.07) is -0.00156. The highest BCUT2D eigenvalue weighted by molar-refractivity contribution is 5.73. The summed E-state index contributed by atoms with van der Waals surface area (Å²) in [6.45, 7) is 2.81. The van der Waals surface area contributed by atoms with Crippen molar-refractivity contribution in [1.82, 2.24) is 5.32 Å². The first-order chi connectivity index (χ1) is 9.19. The van der Waals surface area contributed by atoms with Gasteiger partial charge >= 0.3 is 5.97 Å². The molecule has 3 unspecified atom stereocenters. The Kier molecular flexibility index (Phi) is 5.64. The van der Waals surface area contributed by atoms with Gasteiger partial charge in [-0.15, -0.1) is 0 Å². The van der Waals surface area contributed by atoms with Crippen LogP contribution in [-0.2, 0) is 9.53 Å². The first-order valence-electron chi connectivity index (χ1n) is 7.79. The Morgan fingerprint density at radius 1 is 1.37 bits per heavy atom. The maximum Gasteiger partial charge on any atom is 0.320 e. The maximum atomic E-state index is 11.1. The van der Waals surface area contributed by atoms with Crippen LogP contribution in [0, 0.1) is 5.92 Å². The topological polar surface area (TPSA) is 58.6 Å². The molecule has 4 nitrogen and oxygen atoms in total. The highest BCUT2D eigenvalue weighted by Gasteiger charge is 2.28. The van der Waals surface area contributed by atoms with E-state index in [1.165, 1.54) is 19.3 Å². The molecule has 0 radical (unpaired) electrons. The first-order valence-corrected chi connectivity index (χ1v) is 7.79. The molecule has 0 spiro atoms. The van der Waals surface area contributed by atoms with Gasteiger partial charge in [-0.2, -0.15) is 0 Å². The lowest BCUT2D eigenvalue weighted by Crippen LogP contribution is -2.39. The largest absolute Gasteiger partial charge is 0.480 e. The van der Waals surface area contributed by atoms with E-state index in [2.05, 4.69) is 12.2 Å². The quantitative estimate of drug-likeness (QED) is 0.711. The molecule has 0 heterocycles. The van der Waals surface area contributed by atoms with E-state index < -0.39 is 12.0 Å². The second kappa shape index (κ2) is 7.25. The minimum absolute atomic E-state index is 0.356. The van der Waals surface area contributed by atoms with E-state index in [0.29, 0.717) is 25.2 Å². The molecule has 2 aliphatic rings. The number of rotatable bonds is 8. The Morgan fingerprint density at radius 3 is 2.79 bits per heavy atom. The number of carboxylic acids is 1. The Balaban J connectivity index is 1.64. The van der Waals surface area contributed by atoms with Gasteiger partial charge in [0.25, 0.3) is 0 Å². The van der Waals surface area contributed by atoms with Gasteiger partial charge in [-0.25, -0.2) is 0 Å². The van der Waals surface area contributed by atoms with E-state index in [0.717, 1.165) is 31.6 Å². The van der Waals surface area contributed by atoms with Gasteiger partial charge in [0.1, 0.15) is 6.04 Å². The molecule has 2 fully saturated rings. The third-order valence-electron chi connectivity index (χ3n) is 4.38. The molecule has 0 aliphatic heterocycles. The van der Waals surface area contributed by atoms with E-state index in [4.69, 9.17) is 9.84 Å². The summed E-state index contributed by atoms with van der Waals surface area (Å²) in [6.07, 6.45) is 9.29. The Labute approximate surface area is 115 Å². The zero-order chi connectivity index (χ0) is 13.7. The van der Waals surface area contributed by atoms with Crippen molar-refractivity contribution >= 4 is 5.97 Å². The van der Waals surface area contributed by atoms with Gasteiger partial charge < -0.3 is 15.2 Å². The number of ether oxygens (including phenoxy) is 1. The van der Waals surface area contributed by atoms with Gasteiger partial charge in [-0.3, -0.25) is 4.79 Å². The first kappa shape index (κ1) is 14.8. The number of aliphatic carboxylic acids is 1. The fourth-order valence-corrected chi connectivity index (χ4v) is 2.93. The highest BCUT2D eigenvalue weighted by atomic mass is 16.5. The zero-order valence-electron chi connectivity index (χ0n) is 11.9. The Morgan fingerprint density at radius 2 is 2.16 bits per heavy atom. The molecular formula is C15H27NO3. The van der Waals surface area contributed by atoms with Crippen LogP contribution in [0.1, 0.15) is 58.3 Å². The molecule has 19 heavy (non-hydrogen) atoms. The fraction of sp³-hybridized carbons (Fsp3) is 0.933. The van der Waals surface area contributed by atoms with E-state index in [1.54, 1.807) is 0 Å². The molecule has 2 aliphatic carbocycles. The molecule has 110 valence electrons. The van der Waals surface area contributed by atoms with Crippen LogP contribution in [-0.4, -0.2) is 35.9 Å². The van der Waals surface area contributed by atoms with E-state index in [1.807, 2.05) is 0 Å². The van der Waals surface area contributed by atoms with Crippen LogP contribution in [0.2, 0.25) is 0 Å². The average Bonchev–Trinajstić information content (AvgIpc) is 3.21. The predicted molar refractivity (Wildman–Crippen MR) is 74.2 cm³/mol. The smallest absolute Gasteiger partial charge is 0.320 e. The van der Waals surface area contributed by atoms with Crippen LogP contribution < -0.4 is 5.32 Å². The molecule has 0 amide bonds. The van der Waals surface area contributed by atoms with Crippen molar-refractivity contribution in [3.05, 3.63) is 0 Å². The summed E-state index contributed by atoms with van der Waals surface area (Å²) < 4.78 is 5.89. The van der Waals surface area contributed by atoms with E-state index >= 15 is 0 Å². The standard InChI is InChI=1S/C15H27NO3/c1-2-11-4-3-5-13(10-11)19-9-8-14(15(17)18)16-12-6-7-12/h11-14,16H,2-10H2,1H3,(H,17,18). The number of nitrogens with one attached hydrogen (secondary N) is 1. The lowest BCUT2D eigenvalue weighted by Gasteiger charge is -2.28. The van der Waals surface area contributed by atoms with Crippen molar-refractivity contribution in [2.75, 3.05) is 6.61 Å². The molecule has 2 N–H and O–H groups in total. The minimum Gasteiger partial charge on any atom is -0.480 e. The number of carbonyl (C=O) groups is 1. The van der Waals surface area contributed by atoms with Crippen LogP contribution in [0.3, 0.4) is 0 Å². The van der Waals surface area contributed by atoms with Crippen molar-refractivity contribution in [3.63, 3.8) is 0 Å². The lowest BCUT2D eigenvalue weighted by atomic mass is 9.85. The Hall–Kier alpha value is -0.610. The summed E-state index contributed by atoms with van der Waals surface area (Å²) in [5.74, 6) is 0.0594. The van der Waals surface area contributed by atoms with Crippen LogP contribution in [0.4, 0.5) is 0 Å². The third kappa shape index (κ3) is 5.11. The second-order valence-electron chi connectivity index (χ2n) is 6.05. The molecule has 2 saturated carbocycles. The van der Waals surface area contributed by atoms with Gasteiger partial charge in [0.2, 0.25) is 0 Å². The van der Waals surface area contributed by atoms with Crippen molar-refractivity contribution < 1.29 is 14.6 Å². The number of carboxylic acid groups (broad SMARTS) is 1. The van der Waals surface area contributed by atoms with Gasteiger partial charge in [-0.1, -0.05) is 26.2 Å². The summed E-state index contributed by atoms with van der Waals surface area (Å²) in [7, 11) is 0. The molecule has 0 saturated heterocycles. The molecule has 3 atom stereocenters. The SMILES string of the molecule is CCC1CCCC(OCCC(NC2CC2)C(=O)O)C1. The third-order valence-corrected chi connectivity index (χ3v) is 4.38. The van der Waals surface area contributed by atoms with Crippen LogP contribution in [0.5, 0.6) is 0 Å². The highest BCUT2D eigenvalue weighted by Crippen LogP contribution is 2.28. The number of hydrogen-bond acceptors (Lipinski definition) is 3. The van der Waals surface area contributed by atoms with Gasteiger partial charge in [0.15, 0.2) is 0 Å². The molecule has 0 aromatic rings. The zero-order valence-corrected chi connectivity index (χ0v) is 11.9. The predicted octanol–water partition coefficient (Wildman–Crippen LogP) is 2.57. The van der Waals surface area contributed by atoms with Crippen LogP contribution >= 0.6 is 0 Å². The van der Waals surface area contributed by atoms with Crippen molar-refractivity contribution in [1.29, 1.82) is 0 Å². The van der Waals surface area contributed by atoms with Crippen molar-refractivity contribution in [2.24, 2.45) is 5.92 Å². The van der Waals surface area contributed by atoms with Crippen LogP contribution in [0.15, 0.2) is 0 Å². The molecule has 2 rings (SSSR count). The monoisotopic (exact) mass is 269 g/mol. The molecule has 0 aromatic carbocycles. The van der Waals surface area contributed by atoms with Gasteiger partial charge in [0, 0.05) is 12.6 Å². The average molecular weight is 269 g/mol. The summed E-state index contributed by atoms with van der Waals surface area (Å²) in [5, 5.41) is 12.3. The molecule has 0 aromatic heterocycles. The van der Waals surface area contributed by atoms with Crippen molar-refractivity contribution in [3.8, 4) is 0 Å². The van der Waals surface area contributed by atoms with E-state index in [-0.39, 0.29) is 0 Å². The minimum atomic E-state index is -0.745. The summed E-state index contributed by atoms with van der Waals surface area (Å²) >= 11 is 0. The number of hydrogen-bond donors (Lipinski definition) is 2. The van der Waals surface area contributed by atoms with E-state index in [9.17, 15) is 4.79 Å². The second-order valence-corrected chi connectivity index (χ2v) is 6.05. The maximum absolute atomic E-state index is 11.1. The van der Waals surface area contributed by atoms with Crippen LogP contribution in [0.25, 0.3) is 0 Å². The summed E-state index contributed by atoms with van der Waals surface area (Å²) in [4.78, 5) is 11.1. The normalized spacial score (nSPS) is 29.1. The van der Waals surface area contributed by atoms with Crippen molar-refractivity contribution in [2.45, 2.75) is 76.5 Å². The summed E-state index contributed by atoms with van der Waals surface area (Å²) in [5.41, 5.74) is 0. The van der Waals surface area contributed by atoms with Gasteiger partial charge in [0.05, 0.1) is 6.10 Å². The molecule has 0 bridgehead atoms. The molecule has 4 heteroatoms. The fourth-order valence-electron chi connectivity index (χ4n) is 2.93. The van der Waals surface area contributed by atoms with Gasteiger partial charge in [-0.05, 0) is 38.0 Å².